The Morgan fingerprint density at radius 1 is 0.913 bits per heavy atom. The molecule has 0 saturated heterocycles. The van der Waals surface area contributed by atoms with Crippen LogP contribution in [0.3, 0.4) is 0 Å². The summed E-state index contributed by atoms with van der Waals surface area (Å²) >= 11 is 0. The van der Waals surface area contributed by atoms with Crippen LogP contribution in [0, 0.1) is 0 Å². The normalized spacial score (nSPS) is 13.7. The van der Waals surface area contributed by atoms with Crippen molar-refractivity contribution in [3.05, 3.63) is 70.9 Å². The van der Waals surface area contributed by atoms with Gasteiger partial charge in [-0.15, -0.1) is 0 Å². The van der Waals surface area contributed by atoms with Gasteiger partial charge in [-0.3, -0.25) is 0 Å². The Kier molecular flexibility index (Phi) is 11.3. The Morgan fingerprint density at radius 2 is 1.52 bits per heavy atom. The molecule has 23 heavy (non-hydrogen) atoms. The van der Waals surface area contributed by atoms with Crippen molar-refractivity contribution in [3.63, 3.8) is 0 Å². The molecule has 0 bridgehead atoms. The summed E-state index contributed by atoms with van der Waals surface area (Å²) in [4.78, 5) is 11.1. The highest BCUT2D eigenvalue weighted by molar-refractivity contribution is 5.83. The minimum atomic E-state index is -0.332. The van der Waals surface area contributed by atoms with Gasteiger partial charge in [0, 0.05) is 6.08 Å². The number of hydrogen-bond donors (Lipinski definition) is 0. The van der Waals surface area contributed by atoms with Crippen LogP contribution >= 0.6 is 0 Å². The lowest BCUT2D eigenvalue weighted by Gasteiger charge is -1.96. The molecule has 0 aromatic heterocycles. The molecule has 0 radical (unpaired) electrons. The average molecular weight is 314 g/mol. The third kappa shape index (κ3) is 13.3. The summed E-state index contributed by atoms with van der Waals surface area (Å²) < 4.78 is 4.58. The minimum absolute atomic E-state index is 0.332. The van der Waals surface area contributed by atoms with E-state index in [0.29, 0.717) is 0 Å². The Balaban J connectivity index is 4.46. The van der Waals surface area contributed by atoms with Crippen LogP contribution < -0.4 is 0 Å². The van der Waals surface area contributed by atoms with Crippen LogP contribution in [-0.4, -0.2) is 13.1 Å². The number of carbonyl (C=O) groups excluding carboxylic acids is 1. The van der Waals surface area contributed by atoms with Crippen molar-refractivity contribution in [3.8, 4) is 0 Å². The Hall–Kier alpha value is -2.09. The second kappa shape index (κ2) is 12.5. The zero-order chi connectivity index (χ0) is 17.7. The third-order valence-corrected chi connectivity index (χ3v) is 3.10. The van der Waals surface area contributed by atoms with Gasteiger partial charge in [-0.1, -0.05) is 59.3 Å². The van der Waals surface area contributed by atoms with Gasteiger partial charge in [0.2, 0.25) is 0 Å². The van der Waals surface area contributed by atoms with Crippen molar-refractivity contribution in [2.45, 2.75) is 47.5 Å². The van der Waals surface area contributed by atoms with E-state index in [9.17, 15) is 4.79 Å². The van der Waals surface area contributed by atoms with E-state index in [0.717, 1.165) is 24.0 Å². The fraction of sp³-hybridized carbons (Fsp3) is 0.381. The van der Waals surface area contributed by atoms with Crippen molar-refractivity contribution in [2.75, 3.05) is 7.11 Å². The van der Waals surface area contributed by atoms with Crippen molar-refractivity contribution in [1.82, 2.24) is 0 Å². The summed E-state index contributed by atoms with van der Waals surface area (Å²) in [5.74, 6) is -0.332. The van der Waals surface area contributed by atoms with Gasteiger partial charge in [0.05, 0.1) is 7.11 Å². The van der Waals surface area contributed by atoms with Crippen molar-refractivity contribution >= 4 is 5.97 Å². The fourth-order valence-corrected chi connectivity index (χ4v) is 1.74. The Morgan fingerprint density at radius 3 is 2.13 bits per heavy atom. The van der Waals surface area contributed by atoms with E-state index in [-0.39, 0.29) is 5.97 Å². The van der Waals surface area contributed by atoms with E-state index < -0.39 is 0 Å². The molecule has 0 unspecified atom stereocenters. The van der Waals surface area contributed by atoms with E-state index in [2.05, 4.69) is 49.8 Å². The molecule has 0 aromatic carbocycles. The second-order valence-corrected chi connectivity index (χ2v) is 5.87. The number of esters is 1. The van der Waals surface area contributed by atoms with E-state index in [1.807, 2.05) is 32.1 Å². The molecule has 0 aliphatic carbocycles. The molecular formula is C21H30O2. The van der Waals surface area contributed by atoms with Gasteiger partial charge in [-0.25, -0.2) is 4.79 Å². The highest BCUT2D eigenvalue weighted by atomic mass is 16.5. The molecule has 0 amide bonds. The van der Waals surface area contributed by atoms with Gasteiger partial charge in [-0.05, 0) is 53.0 Å². The molecule has 0 aromatic rings. The fourth-order valence-electron chi connectivity index (χ4n) is 1.74. The van der Waals surface area contributed by atoms with Crippen LogP contribution in [-0.2, 0) is 9.53 Å². The largest absolute Gasteiger partial charge is 0.466 e. The van der Waals surface area contributed by atoms with Crippen LogP contribution in [0.25, 0.3) is 0 Å². The molecule has 0 spiro atoms. The zero-order valence-corrected chi connectivity index (χ0v) is 15.3. The third-order valence-electron chi connectivity index (χ3n) is 3.10. The minimum Gasteiger partial charge on any atom is -0.466 e. The second-order valence-electron chi connectivity index (χ2n) is 5.87. The molecule has 2 nitrogen and oxygen atoms in total. The van der Waals surface area contributed by atoms with Gasteiger partial charge in [0.25, 0.3) is 0 Å². The highest BCUT2D eigenvalue weighted by Crippen LogP contribution is 2.07. The molecule has 0 atom stereocenters. The van der Waals surface area contributed by atoms with E-state index in [1.165, 1.54) is 24.3 Å². The summed E-state index contributed by atoms with van der Waals surface area (Å²) in [7, 11) is 1.37. The molecule has 0 aliphatic rings. The summed E-state index contributed by atoms with van der Waals surface area (Å²) in [6.07, 6.45) is 18.1. The van der Waals surface area contributed by atoms with Crippen LogP contribution in [0.1, 0.15) is 47.5 Å². The van der Waals surface area contributed by atoms with Crippen LogP contribution in [0.5, 0.6) is 0 Å². The first kappa shape index (κ1) is 20.9. The number of rotatable bonds is 8. The first-order valence-electron chi connectivity index (χ1n) is 7.93. The number of ether oxygens (including phenoxy) is 1. The van der Waals surface area contributed by atoms with Gasteiger partial charge >= 0.3 is 5.97 Å². The maximum atomic E-state index is 11.1. The first-order valence-corrected chi connectivity index (χ1v) is 7.93. The standard InChI is InChI=1S/C21H30O2/c1-17(2)10-7-11-18(3)12-8-13-19(4)14-9-15-20(5)16-21(22)23-6/h8-10,12-16H,7,11H2,1-6H3/b13-8+,15-9+,18-12+,19-14+,20-16+. The Labute approximate surface area is 141 Å². The molecule has 2 heteroatoms. The molecule has 0 fully saturated rings. The summed E-state index contributed by atoms with van der Waals surface area (Å²) in [5, 5.41) is 0. The molecule has 0 saturated carbocycles. The van der Waals surface area contributed by atoms with E-state index in [1.54, 1.807) is 0 Å². The number of hydrogen-bond acceptors (Lipinski definition) is 2. The van der Waals surface area contributed by atoms with E-state index >= 15 is 0 Å². The van der Waals surface area contributed by atoms with Crippen molar-refractivity contribution in [2.24, 2.45) is 0 Å². The lowest BCUT2D eigenvalue weighted by atomic mass is 10.1. The van der Waals surface area contributed by atoms with Crippen LogP contribution in [0.4, 0.5) is 0 Å². The number of carbonyl (C=O) groups is 1. The summed E-state index contributed by atoms with van der Waals surface area (Å²) in [5.41, 5.74) is 4.76. The predicted octanol–water partition coefficient (Wildman–Crippen LogP) is 5.86. The van der Waals surface area contributed by atoms with Gasteiger partial charge in [0.1, 0.15) is 0 Å². The average Bonchev–Trinajstić information content (AvgIpc) is 2.46. The lowest BCUT2D eigenvalue weighted by Crippen LogP contribution is -1.94. The zero-order valence-electron chi connectivity index (χ0n) is 15.3. The van der Waals surface area contributed by atoms with Gasteiger partial charge in [-0.2, -0.15) is 0 Å². The quantitative estimate of drug-likeness (QED) is 0.243. The molecular weight excluding hydrogens is 284 g/mol. The molecule has 0 N–H and O–H groups in total. The molecule has 0 rings (SSSR count). The maximum absolute atomic E-state index is 11.1. The van der Waals surface area contributed by atoms with Gasteiger partial charge in [0.15, 0.2) is 0 Å². The maximum Gasteiger partial charge on any atom is 0.330 e. The SMILES string of the molecule is COC(=O)/C=C(C)/C=C/C=C(C)/C=C/C=C(\C)CCC=C(C)C. The predicted molar refractivity (Wildman–Crippen MR) is 100 cm³/mol. The van der Waals surface area contributed by atoms with Crippen LogP contribution in [0.15, 0.2) is 70.9 Å². The monoisotopic (exact) mass is 314 g/mol. The highest BCUT2D eigenvalue weighted by Gasteiger charge is 1.92. The molecule has 0 aliphatic heterocycles. The van der Waals surface area contributed by atoms with Crippen molar-refractivity contribution in [1.29, 1.82) is 0 Å². The van der Waals surface area contributed by atoms with Gasteiger partial charge < -0.3 is 4.74 Å². The smallest absolute Gasteiger partial charge is 0.330 e. The summed E-state index contributed by atoms with van der Waals surface area (Å²) in [6.45, 7) is 10.3. The van der Waals surface area contributed by atoms with Crippen LogP contribution in [0.2, 0.25) is 0 Å². The molecule has 0 heterocycles. The van der Waals surface area contributed by atoms with Crippen molar-refractivity contribution < 1.29 is 9.53 Å². The number of methoxy groups -OCH3 is 1. The van der Waals surface area contributed by atoms with E-state index in [4.69, 9.17) is 0 Å². The topological polar surface area (TPSA) is 26.3 Å². The lowest BCUT2D eigenvalue weighted by molar-refractivity contribution is -0.134. The number of allylic oxidation sites excluding steroid dienone is 11. The Bertz CT molecular complexity index is 548. The summed E-state index contributed by atoms with van der Waals surface area (Å²) in [6, 6.07) is 0. The first-order chi connectivity index (χ1) is 10.8. The molecule has 126 valence electrons.